The van der Waals surface area contributed by atoms with E-state index in [1.807, 2.05) is 0 Å². The van der Waals surface area contributed by atoms with Crippen molar-refractivity contribution in [3.05, 3.63) is 230 Å². The summed E-state index contributed by atoms with van der Waals surface area (Å²) < 4.78 is 0. The van der Waals surface area contributed by atoms with Gasteiger partial charge in [0.25, 0.3) is 0 Å². The lowest BCUT2D eigenvalue weighted by molar-refractivity contribution is 1.63. The second-order valence-electron chi connectivity index (χ2n) is 15.2. The van der Waals surface area contributed by atoms with E-state index < -0.39 is 0 Å². The summed E-state index contributed by atoms with van der Waals surface area (Å²) in [5.41, 5.74) is 12.4. The van der Waals surface area contributed by atoms with Gasteiger partial charge in [-0.3, -0.25) is 0 Å². The van der Waals surface area contributed by atoms with Crippen LogP contribution in [0, 0.1) is 0 Å². The highest BCUT2D eigenvalue weighted by molar-refractivity contribution is 6.23. The summed E-state index contributed by atoms with van der Waals surface area (Å²) in [6.07, 6.45) is 4.36. The van der Waals surface area contributed by atoms with Gasteiger partial charge < -0.3 is 0 Å². The van der Waals surface area contributed by atoms with Crippen LogP contribution in [-0.4, -0.2) is 0 Å². The van der Waals surface area contributed by atoms with Crippen molar-refractivity contribution in [2.24, 2.45) is 0 Å². The van der Waals surface area contributed by atoms with E-state index in [9.17, 15) is 0 Å². The van der Waals surface area contributed by atoms with Crippen molar-refractivity contribution in [1.29, 1.82) is 0 Å². The molecule has 0 aromatic heterocycles. The minimum Gasteiger partial charge on any atom is -0.0622 e. The zero-order chi connectivity index (χ0) is 38.4. The number of benzene rings is 11. The largest absolute Gasteiger partial charge is 0.0622 e. The van der Waals surface area contributed by atoms with E-state index >= 15 is 0 Å². The van der Waals surface area contributed by atoms with Crippen LogP contribution >= 0.6 is 0 Å². The molecule has 58 heavy (non-hydrogen) atoms. The van der Waals surface area contributed by atoms with Crippen LogP contribution in [0.3, 0.4) is 0 Å². The number of hydrogen-bond donors (Lipinski definition) is 0. The number of hydrogen-bond acceptors (Lipinski definition) is 0. The van der Waals surface area contributed by atoms with E-state index in [-0.39, 0.29) is 0 Å². The molecule has 0 fully saturated rings. The summed E-state index contributed by atoms with van der Waals surface area (Å²) in [4.78, 5) is 0. The molecule has 0 radical (unpaired) electrons. The van der Waals surface area contributed by atoms with Crippen LogP contribution in [0.1, 0.15) is 11.1 Å². The minimum atomic E-state index is 1.18. The maximum atomic E-state index is 2.38. The summed E-state index contributed by atoms with van der Waals surface area (Å²) in [6, 6.07) is 80.0. The van der Waals surface area contributed by atoms with Gasteiger partial charge >= 0.3 is 0 Å². The molecule has 0 saturated heterocycles. The van der Waals surface area contributed by atoms with Crippen LogP contribution in [0.15, 0.2) is 218 Å². The summed E-state index contributed by atoms with van der Waals surface area (Å²) in [5.74, 6) is 0. The first-order valence-corrected chi connectivity index (χ1v) is 20.1. The van der Waals surface area contributed by atoms with E-state index in [1.54, 1.807) is 0 Å². The van der Waals surface area contributed by atoms with Crippen LogP contribution in [0.25, 0.3) is 111 Å². The molecule has 0 bridgehead atoms. The van der Waals surface area contributed by atoms with Crippen molar-refractivity contribution < 1.29 is 0 Å². The molecule has 0 atom stereocenters. The Balaban J connectivity index is 1.04. The zero-order valence-corrected chi connectivity index (χ0v) is 31.9. The average Bonchev–Trinajstić information content (AvgIpc) is 3.29. The van der Waals surface area contributed by atoms with E-state index in [1.165, 1.54) is 109 Å². The van der Waals surface area contributed by atoms with Crippen molar-refractivity contribution >= 4 is 66.0 Å². The summed E-state index contributed by atoms with van der Waals surface area (Å²) in [7, 11) is 0. The molecular weight excluding hydrogens is 697 g/mol. The van der Waals surface area contributed by atoms with E-state index in [4.69, 9.17) is 0 Å². The van der Waals surface area contributed by atoms with Crippen molar-refractivity contribution in [3.8, 4) is 44.5 Å². The predicted molar refractivity (Wildman–Crippen MR) is 251 cm³/mol. The third kappa shape index (κ3) is 5.78. The highest BCUT2D eigenvalue weighted by atomic mass is 14.2. The van der Waals surface area contributed by atoms with E-state index in [2.05, 4.69) is 231 Å². The molecule has 0 aliphatic heterocycles. The van der Waals surface area contributed by atoms with Gasteiger partial charge in [-0.05, 0) is 122 Å². The maximum Gasteiger partial charge on any atom is -0.00262 e. The van der Waals surface area contributed by atoms with Gasteiger partial charge in [0.05, 0.1) is 0 Å². The van der Waals surface area contributed by atoms with Crippen molar-refractivity contribution in [1.82, 2.24) is 0 Å². The molecule has 0 aliphatic rings. The molecule has 270 valence electrons. The molecule has 0 nitrogen and oxygen atoms in total. The Morgan fingerprint density at radius 1 is 0.207 bits per heavy atom. The van der Waals surface area contributed by atoms with Gasteiger partial charge in [-0.15, -0.1) is 0 Å². The standard InChI is InChI=1S/C58H38/c1-3-15-39(16-4-1)27-28-40-29-31-42(32-30-40)56-49-21-9-13-25-53(49)58(54-26-14-10-22-50(54)56)46-36-34-43-37-45(35-33-44(43)38-46)57-51-23-11-7-19-47(51)55(41-17-5-2-6-18-41)48-20-8-12-24-52(48)57/h1-38H/b28-27+. The van der Waals surface area contributed by atoms with Crippen molar-refractivity contribution in [2.45, 2.75) is 0 Å². The molecule has 0 spiro atoms. The van der Waals surface area contributed by atoms with Gasteiger partial charge in [0, 0.05) is 0 Å². The lowest BCUT2D eigenvalue weighted by Crippen LogP contribution is -1.92. The molecule has 0 N–H and O–H groups in total. The van der Waals surface area contributed by atoms with Gasteiger partial charge in [0.15, 0.2) is 0 Å². The van der Waals surface area contributed by atoms with Crippen LogP contribution < -0.4 is 0 Å². The first-order chi connectivity index (χ1) is 28.8. The molecule has 0 unspecified atom stereocenters. The number of rotatable bonds is 6. The van der Waals surface area contributed by atoms with E-state index in [0.717, 1.165) is 0 Å². The Morgan fingerprint density at radius 3 is 0.862 bits per heavy atom. The molecule has 0 amide bonds. The monoisotopic (exact) mass is 734 g/mol. The smallest absolute Gasteiger partial charge is 0.00262 e. The van der Waals surface area contributed by atoms with Crippen LogP contribution in [-0.2, 0) is 0 Å². The fraction of sp³-hybridized carbons (Fsp3) is 0. The maximum absolute atomic E-state index is 2.38. The fourth-order valence-corrected chi connectivity index (χ4v) is 9.18. The molecule has 0 aliphatic carbocycles. The molecule has 0 heteroatoms. The topological polar surface area (TPSA) is 0 Å². The minimum absolute atomic E-state index is 1.18. The SMILES string of the molecule is C(=C\c1ccc(-c2c3ccccc3c(-c3ccc4cc(-c5c6ccccc6c(-c6ccccc6)c6ccccc56)ccc4c3)c3ccccc23)cc1)/c1ccccc1. The zero-order valence-electron chi connectivity index (χ0n) is 31.9. The van der Waals surface area contributed by atoms with Crippen molar-refractivity contribution in [3.63, 3.8) is 0 Å². The Morgan fingerprint density at radius 2 is 0.483 bits per heavy atom. The van der Waals surface area contributed by atoms with E-state index in [0.29, 0.717) is 0 Å². The highest BCUT2D eigenvalue weighted by Crippen LogP contribution is 2.46. The highest BCUT2D eigenvalue weighted by Gasteiger charge is 2.19. The van der Waals surface area contributed by atoms with Gasteiger partial charge in [0.2, 0.25) is 0 Å². The summed E-state index contributed by atoms with van der Waals surface area (Å²) in [5, 5.41) is 12.6. The Bertz CT molecular complexity index is 3240. The van der Waals surface area contributed by atoms with Gasteiger partial charge in [-0.25, -0.2) is 0 Å². The Hall–Kier alpha value is -7.54. The van der Waals surface area contributed by atoms with Crippen LogP contribution in [0.5, 0.6) is 0 Å². The molecule has 11 aromatic carbocycles. The second-order valence-corrected chi connectivity index (χ2v) is 15.2. The molecule has 11 aromatic rings. The van der Waals surface area contributed by atoms with Gasteiger partial charge in [0.1, 0.15) is 0 Å². The first-order valence-electron chi connectivity index (χ1n) is 20.1. The number of fused-ring (bicyclic) bond motifs is 5. The van der Waals surface area contributed by atoms with Crippen LogP contribution in [0.2, 0.25) is 0 Å². The van der Waals surface area contributed by atoms with Gasteiger partial charge in [-0.1, -0.05) is 218 Å². The third-order valence-electron chi connectivity index (χ3n) is 11.8. The quantitative estimate of drug-likeness (QED) is 0.118. The van der Waals surface area contributed by atoms with Crippen LogP contribution in [0.4, 0.5) is 0 Å². The van der Waals surface area contributed by atoms with Gasteiger partial charge in [-0.2, -0.15) is 0 Å². The lowest BCUT2D eigenvalue weighted by atomic mass is 9.84. The summed E-state index contributed by atoms with van der Waals surface area (Å²) in [6.45, 7) is 0. The molecule has 0 saturated carbocycles. The first kappa shape index (κ1) is 33.8. The lowest BCUT2D eigenvalue weighted by Gasteiger charge is -2.19. The molecule has 11 rings (SSSR count). The fourth-order valence-electron chi connectivity index (χ4n) is 9.18. The third-order valence-corrected chi connectivity index (χ3v) is 11.8. The second kappa shape index (κ2) is 14.2. The summed E-state index contributed by atoms with van der Waals surface area (Å²) >= 11 is 0. The normalized spacial score (nSPS) is 11.7. The predicted octanol–water partition coefficient (Wildman–Crippen LogP) is 16.3. The molecular formula is C58H38. The molecule has 0 heterocycles. The van der Waals surface area contributed by atoms with Crippen molar-refractivity contribution in [2.75, 3.05) is 0 Å². The average molecular weight is 735 g/mol. The Labute approximate surface area is 338 Å². The Kier molecular flexibility index (Phi) is 8.26.